The molecule has 1 unspecified atom stereocenters. The van der Waals surface area contributed by atoms with Crippen molar-refractivity contribution in [3.8, 4) is 0 Å². The molecule has 0 radical (unpaired) electrons. The highest BCUT2D eigenvalue weighted by molar-refractivity contribution is 9.10. The number of Topliss-reactive ketones (excluding diaryl/α,β-unsaturated/α-hetero) is 1. The number of rotatable bonds is 4. The van der Waals surface area contributed by atoms with Crippen LogP contribution in [0.2, 0.25) is 5.02 Å². The zero-order chi connectivity index (χ0) is 16.6. The van der Waals surface area contributed by atoms with Gasteiger partial charge in [-0.1, -0.05) is 11.6 Å². The van der Waals surface area contributed by atoms with Gasteiger partial charge in [-0.15, -0.1) is 0 Å². The number of aromatic nitrogens is 2. The smallest absolute Gasteiger partial charge is 0.261 e. The van der Waals surface area contributed by atoms with E-state index >= 15 is 0 Å². The number of aliphatic hydroxyl groups is 1. The molecule has 2 heterocycles. The Bertz CT molecular complexity index is 823. The number of nitrogens with zero attached hydrogens (tertiary/aromatic N) is 2. The van der Waals surface area contributed by atoms with Crippen LogP contribution in [0, 0.1) is 0 Å². The van der Waals surface area contributed by atoms with Gasteiger partial charge in [-0.05, 0) is 34.5 Å². The first-order chi connectivity index (χ1) is 11.0. The minimum atomic E-state index is -0.624. The van der Waals surface area contributed by atoms with Crippen LogP contribution in [0.4, 0.5) is 0 Å². The zero-order valence-electron chi connectivity index (χ0n) is 12.0. The first-order valence-electron chi connectivity index (χ1n) is 7.11. The minimum Gasteiger partial charge on any atom is -0.390 e. The quantitative estimate of drug-likeness (QED) is 0.846. The molecule has 1 fully saturated rings. The second-order valence-electron chi connectivity index (χ2n) is 5.47. The van der Waals surface area contributed by atoms with Crippen molar-refractivity contribution in [3.05, 3.63) is 38.3 Å². The Balaban J connectivity index is 1.83. The van der Waals surface area contributed by atoms with Crippen molar-refractivity contribution in [1.29, 1.82) is 0 Å². The average Bonchev–Trinajstić information content (AvgIpc) is 2.89. The summed E-state index contributed by atoms with van der Waals surface area (Å²) in [4.78, 5) is 28.7. The Morgan fingerprint density at radius 3 is 3.00 bits per heavy atom. The van der Waals surface area contributed by atoms with Crippen molar-refractivity contribution in [2.24, 2.45) is 0 Å². The predicted octanol–water partition coefficient (Wildman–Crippen LogP) is 1.92. The summed E-state index contributed by atoms with van der Waals surface area (Å²) < 4.78 is 7.21. The molecule has 1 saturated heterocycles. The summed E-state index contributed by atoms with van der Waals surface area (Å²) in [7, 11) is 0. The Labute approximate surface area is 145 Å². The molecule has 1 N–H and O–H groups in total. The summed E-state index contributed by atoms with van der Waals surface area (Å²) in [6.07, 6.45) is 0.836. The van der Waals surface area contributed by atoms with E-state index < -0.39 is 12.2 Å². The number of benzene rings is 1. The van der Waals surface area contributed by atoms with Crippen molar-refractivity contribution in [2.75, 3.05) is 6.61 Å². The average molecular weight is 402 g/mol. The normalized spacial score (nSPS) is 21.0. The van der Waals surface area contributed by atoms with Crippen molar-refractivity contribution in [2.45, 2.75) is 31.6 Å². The lowest BCUT2D eigenvalue weighted by Crippen LogP contribution is -2.29. The van der Waals surface area contributed by atoms with E-state index in [0.717, 1.165) is 0 Å². The van der Waals surface area contributed by atoms with Crippen LogP contribution in [-0.2, 0) is 16.1 Å². The van der Waals surface area contributed by atoms with Gasteiger partial charge < -0.3 is 9.84 Å². The summed E-state index contributed by atoms with van der Waals surface area (Å²) in [5, 5.41) is 10.4. The Kier molecular flexibility index (Phi) is 4.82. The molecule has 122 valence electrons. The molecule has 2 aromatic rings. The van der Waals surface area contributed by atoms with E-state index in [1.54, 1.807) is 6.07 Å². The molecule has 1 aliphatic rings. The first-order valence-corrected chi connectivity index (χ1v) is 8.28. The Morgan fingerprint density at radius 1 is 1.52 bits per heavy atom. The van der Waals surface area contributed by atoms with Crippen molar-refractivity contribution in [3.63, 3.8) is 0 Å². The molecular formula is C15H14BrClN2O4. The summed E-state index contributed by atoms with van der Waals surface area (Å²) in [5.74, 6) is -0.192. The number of hydrogen-bond acceptors (Lipinski definition) is 5. The molecule has 0 spiro atoms. The van der Waals surface area contributed by atoms with Crippen LogP contribution < -0.4 is 5.56 Å². The van der Waals surface area contributed by atoms with E-state index in [1.807, 2.05) is 0 Å². The van der Waals surface area contributed by atoms with Gasteiger partial charge in [0.25, 0.3) is 5.56 Å². The number of carbonyl (C=O) groups excluding carboxylic acids is 1. The van der Waals surface area contributed by atoms with Gasteiger partial charge in [0.2, 0.25) is 0 Å². The van der Waals surface area contributed by atoms with Crippen LogP contribution in [0.3, 0.4) is 0 Å². The van der Waals surface area contributed by atoms with Crippen molar-refractivity contribution >= 4 is 44.2 Å². The Morgan fingerprint density at radius 2 is 2.30 bits per heavy atom. The van der Waals surface area contributed by atoms with Gasteiger partial charge in [-0.2, -0.15) is 0 Å². The highest BCUT2D eigenvalue weighted by atomic mass is 79.9. The minimum absolute atomic E-state index is 0.0761. The second kappa shape index (κ2) is 6.68. The lowest BCUT2D eigenvalue weighted by atomic mass is 10.1. The number of ether oxygens (including phenoxy) is 1. The number of ketones is 1. The first kappa shape index (κ1) is 16.6. The number of hydrogen-bond donors (Lipinski definition) is 1. The molecular weight excluding hydrogens is 388 g/mol. The highest BCUT2D eigenvalue weighted by Crippen LogP contribution is 2.25. The van der Waals surface area contributed by atoms with E-state index in [1.165, 1.54) is 17.0 Å². The van der Waals surface area contributed by atoms with Gasteiger partial charge in [-0.3, -0.25) is 14.2 Å². The van der Waals surface area contributed by atoms with Gasteiger partial charge in [0.05, 0.1) is 41.0 Å². The molecule has 6 nitrogen and oxygen atoms in total. The maximum Gasteiger partial charge on any atom is 0.261 e. The molecule has 1 aromatic heterocycles. The van der Waals surface area contributed by atoms with E-state index in [9.17, 15) is 14.7 Å². The summed E-state index contributed by atoms with van der Waals surface area (Å²) in [5.41, 5.74) is 0.176. The summed E-state index contributed by atoms with van der Waals surface area (Å²) >= 11 is 9.29. The molecule has 1 aliphatic heterocycles. The fraction of sp³-hybridized carbons (Fsp3) is 0.400. The van der Waals surface area contributed by atoms with Crippen LogP contribution in [0.15, 0.2) is 27.7 Å². The van der Waals surface area contributed by atoms with Crippen molar-refractivity contribution in [1.82, 2.24) is 9.55 Å². The fourth-order valence-electron chi connectivity index (χ4n) is 2.58. The molecule has 0 saturated carbocycles. The second-order valence-corrected chi connectivity index (χ2v) is 6.73. The van der Waals surface area contributed by atoms with E-state index in [-0.39, 0.29) is 24.3 Å². The van der Waals surface area contributed by atoms with Crippen LogP contribution in [0.5, 0.6) is 0 Å². The molecule has 0 bridgehead atoms. The van der Waals surface area contributed by atoms with E-state index in [4.69, 9.17) is 16.3 Å². The monoisotopic (exact) mass is 400 g/mol. The van der Waals surface area contributed by atoms with Crippen LogP contribution in [0.25, 0.3) is 10.9 Å². The largest absolute Gasteiger partial charge is 0.390 e. The van der Waals surface area contributed by atoms with Gasteiger partial charge in [0.1, 0.15) is 0 Å². The number of halogens is 2. The topological polar surface area (TPSA) is 81.4 Å². The van der Waals surface area contributed by atoms with Crippen LogP contribution in [-0.4, -0.2) is 39.3 Å². The SMILES string of the molecule is O=C(C[C@H]1OCCC1O)Cn1cnc2cc(Br)c(Cl)cc2c1=O. The third kappa shape index (κ3) is 3.47. The lowest BCUT2D eigenvalue weighted by molar-refractivity contribution is -0.123. The molecule has 1 aromatic carbocycles. The van der Waals surface area contributed by atoms with Crippen LogP contribution >= 0.6 is 27.5 Å². The number of fused-ring (bicyclic) bond motifs is 1. The zero-order valence-corrected chi connectivity index (χ0v) is 14.4. The molecule has 0 aliphatic carbocycles. The maximum atomic E-state index is 12.4. The molecule has 3 rings (SSSR count). The Hall–Kier alpha value is -1.28. The predicted molar refractivity (Wildman–Crippen MR) is 88.7 cm³/mol. The fourth-order valence-corrected chi connectivity index (χ4v) is 3.07. The number of carbonyl (C=O) groups is 1. The standard InChI is InChI=1S/C15H14BrClN2O4/c16-10-5-12-9(4-11(10)17)15(22)19(7-18-12)6-8(20)3-14-13(21)1-2-23-14/h4-5,7,13-14,21H,1-3,6H2/t13?,14-/m1/s1. The van der Waals surface area contributed by atoms with Crippen LogP contribution in [0.1, 0.15) is 12.8 Å². The summed E-state index contributed by atoms with van der Waals surface area (Å²) in [6, 6.07) is 3.19. The van der Waals surface area contributed by atoms with E-state index in [2.05, 4.69) is 20.9 Å². The van der Waals surface area contributed by atoms with Gasteiger partial charge in [0.15, 0.2) is 5.78 Å². The molecule has 0 amide bonds. The highest BCUT2D eigenvalue weighted by Gasteiger charge is 2.28. The van der Waals surface area contributed by atoms with Crippen molar-refractivity contribution < 1.29 is 14.6 Å². The third-order valence-corrected chi connectivity index (χ3v) is 5.01. The van der Waals surface area contributed by atoms with Gasteiger partial charge >= 0.3 is 0 Å². The molecule has 8 heteroatoms. The number of aliphatic hydroxyl groups excluding tert-OH is 1. The summed E-state index contributed by atoms with van der Waals surface area (Å²) in [6.45, 7) is 0.339. The lowest BCUT2D eigenvalue weighted by Gasteiger charge is -2.13. The van der Waals surface area contributed by atoms with E-state index in [0.29, 0.717) is 33.4 Å². The molecule has 2 atom stereocenters. The van der Waals surface area contributed by atoms with Gasteiger partial charge in [-0.25, -0.2) is 4.98 Å². The third-order valence-electron chi connectivity index (χ3n) is 3.82. The maximum absolute atomic E-state index is 12.4. The van der Waals surface area contributed by atoms with Gasteiger partial charge in [0, 0.05) is 17.5 Å². The molecule has 23 heavy (non-hydrogen) atoms.